The van der Waals surface area contributed by atoms with E-state index in [0.29, 0.717) is 6.61 Å². The molecule has 0 N–H and O–H groups in total. The topological polar surface area (TPSA) is 56.1 Å². The second-order valence-corrected chi connectivity index (χ2v) is 6.00. The molecule has 1 unspecified atom stereocenters. The highest BCUT2D eigenvalue weighted by molar-refractivity contribution is 6.30. The van der Waals surface area contributed by atoms with Gasteiger partial charge in [-0.15, -0.1) is 0 Å². The van der Waals surface area contributed by atoms with Crippen LogP contribution in [-0.4, -0.2) is 39.4 Å². The number of aromatic nitrogens is 4. The van der Waals surface area contributed by atoms with Gasteiger partial charge in [-0.1, -0.05) is 23.7 Å². The molecular weight excluding hydrogens is 314 g/mol. The van der Waals surface area contributed by atoms with Gasteiger partial charge in [0.2, 0.25) is 0 Å². The number of hydrogen-bond acceptors (Lipinski definition) is 5. The van der Waals surface area contributed by atoms with Crippen LogP contribution in [0, 0.1) is 0 Å². The fraction of sp³-hybridized carbons (Fsp3) is 0.312. The summed E-state index contributed by atoms with van der Waals surface area (Å²) in [7, 11) is 1.88. The molecule has 0 amide bonds. The molecular formula is C16H16ClN5O. The van der Waals surface area contributed by atoms with Gasteiger partial charge in [-0.2, -0.15) is 5.10 Å². The van der Waals surface area contributed by atoms with Crippen LogP contribution in [0.15, 0.2) is 36.8 Å². The van der Waals surface area contributed by atoms with Crippen molar-refractivity contribution in [3.05, 3.63) is 47.4 Å². The Kier molecular flexibility index (Phi) is 3.63. The van der Waals surface area contributed by atoms with Crippen molar-refractivity contribution in [1.29, 1.82) is 0 Å². The van der Waals surface area contributed by atoms with Gasteiger partial charge >= 0.3 is 0 Å². The van der Waals surface area contributed by atoms with Gasteiger partial charge in [-0.05, 0) is 17.7 Å². The van der Waals surface area contributed by atoms with Crippen molar-refractivity contribution in [3.63, 3.8) is 0 Å². The molecule has 0 spiro atoms. The Balaban J connectivity index is 1.65. The molecule has 1 aliphatic rings. The van der Waals surface area contributed by atoms with Crippen molar-refractivity contribution in [3.8, 4) is 0 Å². The van der Waals surface area contributed by atoms with Crippen LogP contribution in [0.25, 0.3) is 11.0 Å². The van der Waals surface area contributed by atoms with Crippen LogP contribution in [0.2, 0.25) is 5.02 Å². The predicted molar refractivity (Wildman–Crippen MR) is 88.7 cm³/mol. The lowest BCUT2D eigenvalue weighted by Gasteiger charge is -2.34. The Labute approximate surface area is 138 Å². The molecule has 4 rings (SSSR count). The highest BCUT2D eigenvalue weighted by Crippen LogP contribution is 2.29. The molecule has 0 bridgehead atoms. The van der Waals surface area contributed by atoms with Gasteiger partial charge in [0, 0.05) is 25.2 Å². The van der Waals surface area contributed by atoms with E-state index < -0.39 is 0 Å². The number of benzene rings is 1. The normalized spacial score (nSPS) is 18.5. The quantitative estimate of drug-likeness (QED) is 0.723. The maximum Gasteiger partial charge on any atom is 0.163 e. The Morgan fingerprint density at radius 1 is 1.22 bits per heavy atom. The van der Waals surface area contributed by atoms with Crippen molar-refractivity contribution in [2.45, 2.75) is 6.10 Å². The first-order valence-electron chi connectivity index (χ1n) is 7.47. The number of hydrogen-bond donors (Lipinski definition) is 0. The maximum absolute atomic E-state index is 5.97. The Morgan fingerprint density at radius 3 is 2.87 bits per heavy atom. The largest absolute Gasteiger partial charge is 0.370 e. The number of halogens is 1. The minimum Gasteiger partial charge on any atom is -0.370 e. The third-order valence-corrected chi connectivity index (χ3v) is 4.37. The molecule has 7 heteroatoms. The van der Waals surface area contributed by atoms with Crippen molar-refractivity contribution in [1.82, 2.24) is 19.7 Å². The van der Waals surface area contributed by atoms with E-state index in [2.05, 4.69) is 20.0 Å². The predicted octanol–water partition coefficient (Wildman–Crippen LogP) is 2.59. The van der Waals surface area contributed by atoms with Gasteiger partial charge in [-0.3, -0.25) is 4.68 Å². The van der Waals surface area contributed by atoms with Crippen LogP contribution in [0.5, 0.6) is 0 Å². The molecule has 1 aliphatic heterocycles. The highest BCUT2D eigenvalue weighted by atomic mass is 35.5. The monoisotopic (exact) mass is 329 g/mol. The first-order valence-corrected chi connectivity index (χ1v) is 7.85. The second-order valence-electron chi connectivity index (χ2n) is 5.56. The fourth-order valence-electron chi connectivity index (χ4n) is 2.92. The molecule has 2 aromatic heterocycles. The lowest BCUT2D eigenvalue weighted by atomic mass is 10.1. The summed E-state index contributed by atoms with van der Waals surface area (Å²) >= 11 is 5.97. The molecule has 1 aromatic carbocycles. The Morgan fingerprint density at radius 2 is 2.04 bits per heavy atom. The number of nitrogens with zero attached hydrogens (tertiary/aromatic N) is 5. The summed E-state index contributed by atoms with van der Waals surface area (Å²) in [6.07, 6.45) is 3.41. The Hall–Kier alpha value is -2.18. The summed E-state index contributed by atoms with van der Waals surface area (Å²) in [5.41, 5.74) is 1.96. The summed E-state index contributed by atoms with van der Waals surface area (Å²) in [5.74, 6) is 0.908. The molecule has 6 nitrogen and oxygen atoms in total. The van der Waals surface area contributed by atoms with E-state index in [1.54, 1.807) is 11.0 Å². The number of fused-ring (bicyclic) bond motifs is 1. The molecule has 1 saturated heterocycles. The molecule has 0 saturated carbocycles. The van der Waals surface area contributed by atoms with Gasteiger partial charge < -0.3 is 9.64 Å². The van der Waals surface area contributed by atoms with Crippen LogP contribution in [-0.2, 0) is 11.8 Å². The smallest absolute Gasteiger partial charge is 0.163 e. The molecule has 3 heterocycles. The summed E-state index contributed by atoms with van der Waals surface area (Å²) in [5, 5.41) is 5.98. The van der Waals surface area contributed by atoms with E-state index in [4.69, 9.17) is 16.3 Å². The summed E-state index contributed by atoms with van der Waals surface area (Å²) in [6.45, 7) is 2.19. The molecule has 23 heavy (non-hydrogen) atoms. The molecule has 0 aliphatic carbocycles. The summed E-state index contributed by atoms with van der Waals surface area (Å²) in [4.78, 5) is 11.0. The first kappa shape index (κ1) is 14.4. The van der Waals surface area contributed by atoms with E-state index in [9.17, 15) is 0 Å². The van der Waals surface area contributed by atoms with E-state index in [1.807, 2.05) is 37.5 Å². The van der Waals surface area contributed by atoms with Gasteiger partial charge in [0.05, 0.1) is 18.2 Å². The first-order chi connectivity index (χ1) is 11.2. The van der Waals surface area contributed by atoms with Crippen molar-refractivity contribution < 1.29 is 4.74 Å². The van der Waals surface area contributed by atoms with Crippen LogP contribution in [0.1, 0.15) is 11.7 Å². The van der Waals surface area contributed by atoms with Gasteiger partial charge in [0.1, 0.15) is 18.2 Å². The zero-order chi connectivity index (χ0) is 15.8. The van der Waals surface area contributed by atoms with Crippen molar-refractivity contribution >= 4 is 28.5 Å². The number of morpholine rings is 1. The minimum atomic E-state index is 0.00250. The Bertz CT molecular complexity index is 832. The molecule has 1 atom stereocenters. The molecule has 3 aromatic rings. The van der Waals surface area contributed by atoms with Crippen LogP contribution in [0.3, 0.4) is 0 Å². The molecule has 1 fully saturated rings. The van der Waals surface area contributed by atoms with Gasteiger partial charge in [0.25, 0.3) is 0 Å². The fourth-order valence-corrected chi connectivity index (χ4v) is 3.05. The number of rotatable bonds is 2. The second kappa shape index (κ2) is 5.79. The maximum atomic E-state index is 5.97. The van der Waals surface area contributed by atoms with E-state index in [1.165, 1.54) is 0 Å². The van der Waals surface area contributed by atoms with E-state index in [0.717, 1.165) is 40.5 Å². The average Bonchev–Trinajstić information content (AvgIpc) is 2.97. The van der Waals surface area contributed by atoms with Crippen LogP contribution < -0.4 is 4.90 Å². The summed E-state index contributed by atoms with van der Waals surface area (Å²) in [6, 6.07) is 7.80. The van der Waals surface area contributed by atoms with Gasteiger partial charge in [0.15, 0.2) is 5.65 Å². The highest BCUT2D eigenvalue weighted by Gasteiger charge is 2.24. The van der Waals surface area contributed by atoms with Crippen molar-refractivity contribution in [2.75, 3.05) is 24.6 Å². The minimum absolute atomic E-state index is 0.00250. The third kappa shape index (κ3) is 2.64. The lowest BCUT2D eigenvalue weighted by Crippen LogP contribution is -2.39. The standard InChI is InChI=1S/C16H16ClN5O/c1-21-15-13(8-20-21)16(19-10-18-15)22-6-7-23-14(9-22)11-2-4-12(17)5-3-11/h2-5,8,10,14H,6-7,9H2,1H3. The number of aryl methyl sites for hydroxylation is 1. The van der Waals surface area contributed by atoms with Crippen LogP contribution in [0.4, 0.5) is 5.82 Å². The van der Waals surface area contributed by atoms with Crippen molar-refractivity contribution in [2.24, 2.45) is 7.05 Å². The van der Waals surface area contributed by atoms with E-state index >= 15 is 0 Å². The number of ether oxygens (including phenoxy) is 1. The third-order valence-electron chi connectivity index (χ3n) is 4.12. The molecule has 118 valence electrons. The zero-order valence-corrected chi connectivity index (χ0v) is 13.4. The average molecular weight is 330 g/mol. The lowest BCUT2D eigenvalue weighted by molar-refractivity contribution is 0.0396. The van der Waals surface area contributed by atoms with E-state index in [-0.39, 0.29) is 6.10 Å². The summed E-state index contributed by atoms with van der Waals surface area (Å²) < 4.78 is 7.69. The van der Waals surface area contributed by atoms with Crippen LogP contribution >= 0.6 is 11.6 Å². The SMILES string of the molecule is Cn1ncc2c(N3CCOC(c4ccc(Cl)cc4)C3)ncnc21. The zero-order valence-electron chi connectivity index (χ0n) is 12.7. The molecule has 0 radical (unpaired) electrons. The van der Waals surface area contributed by atoms with Gasteiger partial charge in [-0.25, -0.2) is 9.97 Å². The number of anilines is 1.